The van der Waals surface area contributed by atoms with Crippen molar-refractivity contribution in [1.82, 2.24) is 15.0 Å². The molecule has 3 rings (SSSR count). The molecule has 0 bridgehead atoms. The molecule has 0 atom stereocenters. The molecule has 3 aromatic rings. The van der Waals surface area contributed by atoms with Gasteiger partial charge in [0.05, 0.1) is 5.39 Å². The fourth-order valence-electron chi connectivity index (χ4n) is 1.73. The Kier molecular flexibility index (Phi) is 3.21. The van der Waals surface area contributed by atoms with Crippen LogP contribution in [0.5, 0.6) is 0 Å². The van der Waals surface area contributed by atoms with Crippen molar-refractivity contribution in [2.75, 3.05) is 0 Å². The van der Waals surface area contributed by atoms with Crippen molar-refractivity contribution in [3.05, 3.63) is 53.4 Å². The minimum absolute atomic E-state index is 0.796. The Labute approximate surface area is 114 Å². The van der Waals surface area contributed by atoms with E-state index in [9.17, 15) is 0 Å². The molecule has 0 aliphatic carbocycles. The van der Waals surface area contributed by atoms with Crippen molar-refractivity contribution in [2.24, 2.45) is 0 Å². The highest BCUT2D eigenvalue weighted by molar-refractivity contribution is 7.98. The third-order valence-corrected chi connectivity index (χ3v) is 4.06. The maximum absolute atomic E-state index is 6.14. The summed E-state index contributed by atoms with van der Waals surface area (Å²) in [6.45, 7) is 0. The van der Waals surface area contributed by atoms with Gasteiger partial charge in [-0.2, -0.15) is 0 Å². The highest BCUT2D eigenvalue weighted by Gasteiger charge is 2.06. The largest absolute Gasteiger partial charge is 0.346 e. The molecule has 1 aromatic carbocycles. The third-order valence-electron chi connectivity index (χ3n) is 2.64. The number of hydrogen-bond acceptors (Lipinski definition) is 3. The van der Waals surface area contributed by atoms with Crippen LogP contribution in [0.2, 0.25) is 5.02 Å². The van der Waals surface area contributed by atoms with Gasteiger partial charge in [0.1, 0.15) is 17.0 Å². The second kappa shape index (κ2) is 5.00. The van der Waals surface area contributed by atoms with Crippen molar-refractivity contribution in [2.45, 2.75) is 10.8 Å². The van der Waals surface area contributed by atoms with Crippen LogP contribution in [0.1, 0.15) is 5.56 Å². The summed E-state index contributed by atoms with van der Waals surface area (Å²) in [5.74, 6) is 0.803. The van der Waals surface area contributed by atoms with Gasteiger partial charge in [-0.15, -0.1) is 11.8 Å². The Morgan fingerprint density at radius 3 is 2.94 bits per heavy atom. The summed E-state index contributed by atoms with van der Waals surface area (Å²) in [6.07, 6.45) is 3.45. The molecule has 0 unspecified atom stereocenters. The normalized spacial score (nSPS) is 10.9. The number of nitrogens with one attached hydrogen (secondary N) is 1. The summed E-state index contributed by atoms with van der Waals surface area (Å²) in [4.78, 5) is 11.6. The molecular weight excluding hydrogens is 266 g/mol. The van der Waals surface area contributed by atoms with Gasteiger partial charge < -0.3 is 4.98 Å². The molecule has 0 saturated carbocycles. The van der Waals surface area contributed by atoms with Gasteiger partial charge in [0, 0.05) is 17.0 Å². The van der Waals surface area contributed by atoms with Crippen molar-refractivity contribution < 1.29 is 0 Å². The number of aromatic nitrogens is 3. The second-order valence-corrected chi connectivity index (χ2v) is 5.17. The summed E-state index contributed by atoms with van der Waals surface area (Å²) >= 11 is 7.80. The molecule has 0 aliphatic heterocycles. The van der Waals surface area contributed by atoms with Gasteiger partial charge in [-0.1, -0.05) is 29.8 Å². The number of aromatic amines is 1. The fraction of sp³-hybridized carbons (Fsp3) is 0.0769. The molecule has 1 N–H and O–H groups in total. The zero-order chi connectivity index (χ0) is 12.4. The molecular formula is C13H10ClN3S. The average molecular weight is 276 g/mol. The van der Waals surface area contributed by atoms with Crippen molar-refractivity contribution in [3.8, 4) is 0 Å². The number of halogens is 1. The van der Waals surface area contributed by atoms with Gasteiger partial charge >= 0.3 is 0 Å². The molecule has 90 valence electrons. The van der Waals surface area contributed by atoms with E-state index in [-0.39, 0.29) is 0 Å². The molecule has 2 heterocycles. The number of H-pyrrole nitrogens is 1. The molecule has 0 saturated heterocycles. The van der Waals surface area contributed by atoms with Crippen LogP contribution in [0.3, 0.4) is 0 Å². The van der Waals surface area contributed by atoms with Crippen LogP contribution in [0.4, 0.5) is 0 Å². The van der Waals surface area contributed by atoms with Crippen LogP contribution >= 0.6 is 23.4 Å². The van der Waals surface area contributed by atoms with Gasteiger partial charge in [-0.05, 0) is 17.7 Å². The Morgan fingerprint density at radius 1 is 1.17 bits per heavy atom. The van der Waals surface area contributed by atoms with E-state index < -0.39 is 0 Å². The van der Waals surface area contributed by atoms with Crippen LogP contribution in [0.25, 0.3) is 11.0 Å². The average Bonchev–Trinajstić information content (AvgIpc) is 2.86. The lowest BCUT2D eigenvalue weighted by Crippen LogP contribution is -1.87. The Morgan fingerprint density at radius 2 is 2.06 bits per heavy atom. The number of fused-ring (bicyclic) bond motifs is 1. The first-order valence-corrected chi connectivity index (χ1v) is 6.85. The van der Waals surface area contributed by atoms with Gasteiger partial charge in [0.2, 0.25) is 0 Å². The van der Waals surface area contributed by atoms with E-state index in [0.717, 1.165) is 32.4 Å². The summed E-state index contributed by atoms with van der Waals surface area (Å²) in [5.41, 5.74) is 1.98. The lowest BCUT2D eigenvalue weighted by molar-refractivity contribution is 1.09. The number of thioether (sulfide) groups is 1. The van der Waals surface area contributed by atoms with E-state index in [1.165, 1.54) is 0 Å². The van der Waals surface area contributed by atoms with E-state index in [1.807, 2.05) is 36.5 Å². The zero-order valence-electron chi connectivity index (χ0n) is 9.43. The third kappa shape index (κ3) is 2.21. The summed E-state index contributed by atoms with van der Waals surface area (Å²) in [6, 6.07) is 9.86. The molecule has 0 fully saturated rings. The Balaban J connectivity index is 1.85. The fourth-order valence-corrected chi connectivity index (χ4v) is 2.99. The monoisotopic (exact) mass is 275 g/mol. The predicted molar refractivity (Wildman–Crippen MR) is 74.9 cm³/mol. The summed E-state index contributed by atoms with van der Waals surface area (Å²) < 4.78 is 0. The smallest absolute Gasteiger partial charge is 0.141 e. The highest BCUT2D eigenvalue weighted by atomic mass is 35.5. The molecule has 0 radical (unpaired) electrons. The topological polar surface area (TPSA) is 41.6 Å². The quantitative estimate of drug-likeness (QED) is 0.582. The molecule has 0 amide bonds. The minimum atomic E-state index is 0.796. The van der Waals surface area contributed by atoms with Crippen molar-refractivity contribution in [3.63, 3.8) is 0 Å². The molecule has 18 heavy (non-hydrogen) atoms. The molecule has 0 spiro atoms. The first kappa shape index (κ1) is 11.6. The van der Waals surface area contributed by atoms with Crippen LogP contribution in [-0.2, 0) is 5.75 Å². The summed E-state index contributed by atoms with van der Waals surface area (Å²) in [5, 5.41) is 2.82. The van der Waals surface area contributed by atoms with Gasteiger partial charge in [-0.3, -0.25) is 0 Å². The van der Waals surface area contributed by atoms with Gasteiger partial charge in [0.25, 0.3) is 0 Å². The van der Waals surface area contributed by atoms with Crippen LogP contribution in [-0.4, -0.2) is 15.0 Å². The first-order chi connectivity index (χ1) is 8.84. The first-order valence-electron chi connectivity index (χ1n) is 5.49. The minimum Gasteiger partial charge on any atom is -0.346 e. The predicted octanol–water partition coefficient (Wildman–Crippen LogP) is 3.90. The number of hydrogen-bond donors (Lipinski definition) is 1. The summed E-state index contributed by atoms with van der Waals surface area (Å²) in [7, 11) is 0. The van der Waals surface area contributed by atoms with E-state index in [0.29, 0.717) is 0 Å². The van der Waals surface area contributed by atoms with Gasteiger partial charge in [0.15, 0.2) is 0 Å². The standard InChI is InChI=1S/C13H10ClN3S/c14-11-4-2-1-3-9(11)7-18-13-10-5-6-15-12(10)16-8-17-13/h1-6,8H,7H2,(H,15,16,17). The second-order valence-electron chi connectivity index (χ2n) is 3.80. The van der Waals surface area contributed by atoms with Crippen molar-refractivity contribution in [1.29, 1.82) is 0 Å². The maximum atomic E-state index is 6.14. The molecule has 5 heteroatoms. The van der Waals surface area contributed by atoms with E-state index >= 15 is 0 Å². The van der Waals surface area contributed by atoms with Crippen LogP contribution in [0.15, 0.2) is 47.9 Å². The zero-order valence-corrected chi connectivity index (χ0v) is 11.0. The molecule has 2 aromatic heterocycles. The Bertz CT molecular complexity index is 681. The van der Waals surface area contributed by atoms with Crippen molar-refractivity contribution >= 4 is 34.4 Å². The maximum Gasteiger partial charge on any atom is 0.141 e. The van der Waals surface area contributed by atoms with Crippen LogP contribution in [0, 0.1) is 0 Å². The lowest BCUT2D eigenvalue weighted by atomic mass is 10.2. The highest BCUT2D eigenvalue weighted by Crippen LogP contribution is 2.29. The number of nitrogens with zero attached hydrogens (tertiary/aromatic N) is 2. The van der Waals surface area contributed by atoms with E-state index in [1.54, 1.807) is 18.1 Å². The number of rotatable bonds is 3. The SMILES string of the molecule is Clc1ccccc1CSc1ncnc2[nH]ccc12. The van der Waals surface area contributed by atoms with Gasteiger partial charge in [-0.25, -0.2) is 9.97 Å². The van der Waals surface area contributed by atoms with E-state index in [4.69, 9.17) is 11.6 Å². The van der Waals surface area contributed by atoms with Crippen LogP contribution < -0.4 is 0 Å². The molecule has 0 aliphatic rings. The Hall–Kier alpha value is -1.52. The van der Waals surface area contributed by atoms with E-state index in [2.05, 4.69) is 15.0 Å². The number of benzene rings is 1. The lowest BCUT2D eigenvalue weighted by Gasteiger charge is -2.04. The molecule has 3 nitrogen and oxygen atoms in total.